The van der Waals surface area contributed by atoms with Crippen LogP contribution in [0.4, 0.5) is 0 Å². The molecule has 1 N–H and O–H groups in total. The van der Waals surface area contributed by atoms with E-state index in [4.69, 9.17) is 18.9 Å². The van der Waals surface area contributed by atoms with E-state index < -0.39 is 5.97 Å². The first-order valence-corrected chi connectivity index (χ1v) is 10.2. The molecule has 1 heterocycles. The summed E-state index contributed by atoms with van der Waals surface area (Å²) in [5.41, 5.74) is 1.40. The topological polar surface area (TPSA) is 83.1 Å². The molecule has 0 bridgehead atoms. The summed E-state index contributed by atoms with van der Waals surface area (Å²) in [5.74, 6) is 1.27. The molecule has 3 rings (SSSR count). The molecule has 0 saturated heterocycles. The second kappa shape index (κ2) is 11.1. The molecule has 0 saturated carbocycles. The fourth-order valence-electron chi connectivity index (χ4n) is 2.88. The molecule has 0 unspecified atom stereocenters. The summed E-state index contributed by atoms with van der Waals surface area (Å²) in [7, 11) is 0. The number of ether oxygens (including phenoxy) is 4. The van der Waals surface area contributed by atoms with Crippen molar-refractivity contribution in [3.8, 4) is 17.2 Å². The van der Waals surface area contributed by atoms with Crippen LogP contribution in [-0.2, 0) is 16.0 Å². The monoisotopic (exact) mass is 413 g/mol. The Bertz CT molecular complexity index is 849. The lowest BCUT2D eigenvalue weighted by atomic mass is 10.1. The molecule has 160 valence electrons. The Morgan fingerprint density at radius 1 is 1.03 bits per heavy atom. The van der Waals surface area contributed by atoms with E-state index in [0.717, 1.165) is 29.9 Å². The quantitative estimate of drug-likeness (QED) is 0.476. The number of fused-ring (bicyclic) bond motifs is 1. The SMILES string of the molecule is CCCCOc1ccc(C(=O)OCC(=O)NCCc2ccc3c(c2)OCCO3)cc1. The van der Waals surface area contributed by atoms with E-state index >= 15 is 0 Å². The number of nitrogens with one attached hydrogen (secondary N) is 1. The van der Waals surface area contributed by atoms with E-state index in [1.54, 1.807) is 24.3 Å². The zero-order valence-corrected chi connectivity index (χ0v) is 17.1. The molecule has 2 aromatic carbocycles. The molecule has 0 aliphatic carbocycles. The van der Waals surface area contributed by atoms with Gasteiger partial charge in [-0.1, -0.05) is 19.4 Å². The van der Waals surface area contributed by atoms with Gasteiger partial charge in [0.15, 0.2) is 18.1 Å². The second-order valence-corrected chi connectivity index (χ2v) is 6.88. The van der Waals surface area contributed by atoms with Crippen LogP contribution in [0, 0.1) is 0 Å². The first-order valence-electron chi connectivity index (χ1n) is 10.2. The average molecular weight is 413 g/mol. The van der Waals surface area contributed by atoms with Crippen LogP contribution in [0.15, 0.2) is 42.5 Å². The lowest BCUT2D eigenvalue weighted by Gasteiger charge is -2.18. The molecule has 1 aliphatic heterocycles. The van der Waals surface area contributed by atoms with Crippen LogP contribution in [0.25, 0.3) is 0 Å². The van der Waals surface area contributed by atoms with Crippen molar-refractivity contribution in [1.82, 2.24) is 5.32 Å². The van der Waals surface area contributed by atoms with Crippen molar-refractivity contribution >= 4 is 11.9 Å². The molecule has 0 atom stereocenters. The number of amides is 1. The highest BCUT2D eigenvalue weighted by molar-refractivity contribution is 5.91. The van der Waals surface area contributed by atoms with Crippen molar-refractivity contribution in [3.05, 3.63) is 53.6 Å². The van der Waals surface area contributed by atoms with Gasteiger partial charge in [-0.15, -0.1) is 0 Å². The lowest BCUT2D eigenvalue weighted by Crippen LogP contribution is -2.30. The molecular formula is C23H27NO6. The van der Waals surface area contributed by atoms with Crippen LogP contribution in [0.1, 0.15) is 35.7 Å². The van der Waals surface area contributed by atoms with Gasteiger partial charge in [0.2, 0.25) is 0 Å². The smallest absolute Gasteiger partial charge is 0.338 e. The summed E-state index contributed by atoms with van der Waals surface area (Å²) in [6.45, 7) is 3.93. The molecule has 1 aliphatic rings. The number of esters is 1. The maximum atomic E-state index is 12.1. The highest BCUT2D eigenvalue weighted by Crippen LogP contribution is 2.30. The Labute approximate surface area is 176 Å². The number of carbonyl (C=O) groups is 2. The number of hydrogen-bond donors (Lipinski definition) is 1. The van der Waals surface area contributed by atoms with Gasteiger partial charge in [-0.2, -0.15) is 0 Å². The largest absolute Gasteiger partial charge is 0.494 e. The Morgan fingerprint density at radius 3 is 2.57 bits per heavy atom. The van der Waals surface area contributed by atoms with Gasteiger partial charge < -0.3 is 24.3 Å². The molecular weight excluding hydrogens is 386 g/mol. The molecule has 7 nitrogen and oxygen atoms in total. The summed E-state index contributed by atoms with van der Waals surface area (Å²) in [6, 6.07) is 12.4. The molecule has 30 heavy (non-hydrogen) atoms. The molecule has 7 heteroatoms. The van der Waals surface area contributed by atoms with Crippen LogP contribution >= 0.6 is 0 Å². The molecule has 0 fully saturated rings. The zero-order chi connectivity index (χ0) is 21.2. The van der Waals surface area contributed by atoms with Gasteiger partial charge in [-0.25, -0.2) is 4.79 Å². The number of carbonyl (C=O) groups excluding carboxylic acids is 2. The van der Waals surface area contributed by atoms with E-state index in [1.165, 1.54) is 0 Å². The Balaban J connectivity index is 1.36. The van der Waals surface area contributed by atoms with Crippen LogP contribution in [0.5, 0.6) is 17.2 Å². The Morgan fingerprint density at radius 2 is 1.80 bits per heavy atom. The zero-order valence-electron chi connectivity index (χ0n) is 17.1. The molecule has 0 aromatic heterocycles. The summed E-state index contributed by atoms with van der Waals surface area (Å²) in [6.07, 6.45) is 2.67. The van der Waals surface area contributed by atoms with Crippen molar-refractivity contribution in [2.24, 2.45) is 0 Å². The third-order valence-corrected chi connectivity index (χ3v) is 4.53. The third-order valence-electron chi connectivity index (χ3n) is 4.53. The molecule has 1 amide bonds. The van der Waals surface area contributed by atoms with E-state index in [2.05, 4.69) is 12.2 Å². The summed E-state index contributed by atoms with van der Waals surface area (Å²) in [5, 5.41) is 2.75. The maximum absolute atomic E-state index is 12.1. The van der Waals surface area contributed by atoms with Gasteiger partial charge in [0.25, 0.3) is 5.91 Å². The first-order chi connectivity index (χ1) is 14.7. The Kier molecular flexibility index (Phi) is 7.94. The standard InChI is InChI=1S/C23H27NO6/c1-2-3-12-27-19-7-5-18(6-8-19)23(26)30-16-22(25)24-11-10-17-4-9-20-21(15-17)29-14-13-28-20/h4-9,15H,2-3,10-14,16H2,1H3,(H,24,25). The second-order valence-electron chi connectivity index (χ2n) is 6.88. The van der Waals surface area contributed by atoms with Gasteiger partial charge in [0.05, 0.1) is 12.2 Å². The minimum Gasteiger partial charge on any atom is -0.494 e. The predicted octanol–water partition coefficient (Wildman–Crippen LogP) is 3.15. The summed E-state index contributed by atoms with van der Waals surface area (Å²) >= 11 is 0. The van der Waals surface area contributed by atoms with Crippen molar-refractivity contribution in [2.75, 3.05) is 33.0 Å². The van der Waals surface area contributed by atoms with E-state index in [9.17, 15) is 9.59 Å². The van der Waals surface area contributed by atoms with Gasteiger partial charge >= 0.3 is 5.97 Å². The fraction of sp³-hybridized carbons (Fsp3) is 0.391. The van der Waals surface area contributed by atoms with Crippen LogP contribution in [0.2, 0.25) is 0 Å². The van der Waals surface area contributed by atoms with Crippen molar-refractivity contribution in [3.63, 3.8) is 0 Å². The van der Waals surface area contributed by atoms with E-state index in [1.807, 2.05) is 18.2 Å². The van der Waals surface area contributed by atoms with Gasteiger partial charge in [-0.05, 0) is 54.8 Å². The summed E-state index contributed by atoms with van der Waals surface area (Å²) < 4.78 is 21.7. The van der Waals surface area contributed by atoms with Crippen molar-refractivity contribution in [1.29, 1.82) is 0 Å². The van der Waals surface area contributed by atoms with E-state index in [0.29, 0.717) is 44.1 Å². The van der Waals surface area contributed by atoms with Crippen LogP contribution in [0.3, 0.4) is 0 Å². The number of benzene rings is 2. The normalized spacial score (nSPS) is 12.2. The van der Waals surface area contributed by atoms with Crippen LogP contribution in [-0.4, -0.2) is 44.8 Å². The van der Waals surface area contributed by atoms with Crippen LogP contribution < -0.4 is 19.5 Å². The Hall–Kier alpha value is -3.22. The van der Waals surface area contributed by atoms with Gasteiger partial charge in [-0.3, -0.25) is 4.79 Å². The maximum Gasteiger partial charge on any atom is 0.338 e. The van der Waals surface area contributed by atoms with E-state index in [-0.39, 0.29) is 12.5 Å². The number of hydrogen-bond acceptors (Lipinski definition) is 6. The molecule has 2 aromatic rings. The highest BCUT2D eigenvalue weighted by atomic mass is 16.6. The predicted molar refractivity (Wildman–Crippen MR) is 111 cm³/mol. The average Bonchev–Trinajstić information content (AvgIpc) is 2.78. The number of unbranched alkanes of at least 4 members (excludes halogenated alkanes) is 1. The number of rotatable bonds is 10. The third kappa shape index (κ3) is 6.40. The highest BCUT2D eigenvalue weighted by Gasteiger charge is 2.13. The summed E-state index contributed by atoms with van der Waals surface area (Å²) in [4.78, 5) is 24.0. The van der Waals surface area contributed by atoms with Crippen molar-refractivity contribution < 1.29 is 28.5 Å². The molecule has 0 spiro atoms. The minimum atomic E-state index is -0.544. The van der Waals surface area contributed by atoms with Crippen molar-refractivity contribution in [2.45, 2.75) is 26.2 Å². The lowest BCUT2D eigenvalue weighted by molar-refractivity contribution is -0.124. The minimum absolute atomic E-state index is 0.325. The fourth-order valence-corrected chi connectivity index (χ4v) is 2.88. The van der Waals surface area contributed by atoms with Gasteiger partial charge in [0, 0.05) is 6.54 Å². The first kappa shape index (κ1) is 21.5. The molecule has 0 radical (unpaired) electrons. The van der Waals surface area contributed by atoms with Gasteiger partial charge in [0.1, 0.15) is 19.0 Å².